The normalized spacial score (nSPS) is 14.1. The molecule has 1 aliphatic heterocycles. The molecule has 1 aromatic rings. The summed E-state index contributed by atoms with van der Waals surface area (Å²) < 4.78 is 0. The monoisotopic (exact) mass is 333 g/mol. The lowest BCUT2D eigenvalue weighted by atomic mass is 10.1. The van der Waals surface area contributed by atoms with Crippen molar-refractivity contribution in [3.05, 3.63) is 35.4 Å². The number of nitrogens with zero attached hydrogens (tertiary/aromatic N) is 1. The third-order valence-electron chi connectivity index (χ3n) is 3.28. The van der Waals surface area contributed by atoms with Crippen molar-refractivity contribution in [3.8, 4) is 0 Å². The summed E-state index contributed by atoms with van der Waals surface area (Å²) >= 11 is 0. The molecule has 2 rings (SSSR count). The summed E-state index contributed by atoms with van der Waals surface area (Å²) in [5.41, 5.74) is 5.24. The van der Waals surface area contributed by atoms with Crippen LogP contribution in [0.15, 0.2) is 24.3 Å². The van der Waals surface area contributed by atoms with Crippen LogP contribution in [0.25, 0.3) is 0 Å². The van der Waals surface area contributed by atoms with E-state index < -0.39 is 35.6 Å². The van der Waals surface area contributed by atoms with Crippen LogP contribution in [-0.2, 0) is 19.2 Å². The molecule has 0 unspecified atom stereocenters. The van der Waals surface area contributed by atoms with Gasteiger partial charge in [0.2, 0.25) is 11.8 Å². The number of benzene rings is 1. The van der Waals surface area contributed by atoms with Gasteiger partial charge in [-0.05, 0) is 18.6 Å². The number of fused-ring (bicyclic) bond motifs is 1. The van der Waals surface area contributed by atoms with Gasteiger partial charge in [0.25, 0.3) is 11.8 Å². The topological polar surface area (TPSA) is 136 Å². The molecule has 1 aromatic carbocycles. The first-order chi connectivity index (χ1) is 11.3. The predicted molar refractivity (Wildman–Crippen MR) is 79.1 cm³/mol. The molecule has 3 N–H and O–H groups in total. The summed E-state index contributed by atoms with van der Waals surface area (Å²) in [4.78, 5) is 63.2. The number of carbonyl (C=O) groups excluding carboxylic acids is 5. The Balaban J connectivity index is 2.12. The number of imide groups is 1. The van der Waals surface area contributed by atoms with Gasteiger partial charge in [0.1, 0.15) is 6.04 Å². The zero-order valence-electron chi connectivity index (χ0n) is 12.8. The number of hydroxylamine groups is 2. The number of hydrogen-bond acceptors (Lipinski definition) is 6. The van der Waals surface area contributed by atoms with Crippen LogP contribution >= 0.6 is 0 Å². The third-order valence-corrected chi connectivity index (χ3v) is 3.28. The minimum atomic E-state index is -1.21. The molecule has 0 fully saturated rings. The second-order valence-corrected chi connectivity index (χ2v) is 5.12. The molecule has 9 nitrogen and oxygen atoms in total. The molecule has 0 aliphatic carbocycles. The van der Waals surface area contributed by atoms with Crippen LogP contribution in [0, 0.1) is 0 Å². The van der Waals surface area contributed by atoms with E-state index in [1.54, 1.807) is 12.1 Å². The van der Waals surface area contributed by atoms with Crippen molar-refractivity contribution >= 4 is 29.6 Å². The summed E-state index contributed by atoms with van der Waals surface area (Å²) in [6, 6.07) is 4.80. The quantitative estimate of drug-likeness (QED) is 0.674. The summed E-state index contributed by atoms with van der Waals surface area (Å²) in [6.07, 6.45) is -0.293. The van der Waals surface area contributed by atoms with Crippen LogP contribution in [-0.4, -0.2) is 40.7 Å². The Morgan fingerprint density at radius 2 is 1.71 bits per heavy atom. The highest BCUT2D eigenvalue weighted by molar-refractivity contribution is 6.20. The zero-order chi connectivity index (χ0) is 17.9. The molecular weight excluding hydrogens is 318 g/mol. The van der Waals surface area contributed by atoms with Crippen LogP contribution < -0.4 is 11.1 Å². The molecule has 1 heterocycles. The lowest BCUT2D eigenvalue weighted by Gasteiger charge is -2.19. The standard InChI is InChI=1S/C15H15N3O6/c1-8(19)17-11(6-7-12(16)20)15(23)24-18-13(21)9-4-2-3-5-10(9)14(18)22/h2-5,11H,6-7H2,1H3,(H2,16,20)(H,17,19)/t11-/m0/s1. The Morgan fingerprint density at radius 1 is 1.17 bits per heavy atom. The SMILES string of the molecule is CC(=O)N[C@@H](CCC(N)=O)C(=O)ON1C(=O)c2ccccc2C1=O. The highest BCUT2D eigenvalue weighted by Gasteiger charge is 2.39. The van der Waals surface area contributed by atoms with Crippen molar-refractivity contribution in [2.24, 2.45) is 5.73 Å². The van der Waals surface area contributed by atoms with Gasteiger partial charge in [-0.3, -0.25) is 19.2 Å². The van der Waals surface area contributed by atoms with E-state index in [-0.39, 0.29) is 24.0 Å². The van der Waals surface area contributed by atoms with Crippen molar-refractivity contribution in [1.82, 2.24) is 10.4 Å². The molecule has 9 heteroatoms. The van der Waals surface area contributed by atoms with Gasteiger partial charge >= 0.3 is 5.97 Å². The first-order valence-electron chi connectivity index (χ1n) is 7.06. The lowest BCUT2D eigenvalue weighted by Crippen LogP contribution is -2.45. The summed E-state index contributed by atoms with van der Waals surface area (Å²) in [5, 5.41) is 2.63. The molecule has 24 heavy (non-hydrogen) atoms. The maximum absolute atomic E-state index is 12.2. The van der Waals surface area contributed by atoms with Gasteiger partial charge < -0.3 is 15.9 Å². The average Bonchev–Trinajstić information content (AvgIpc) is 2.76. The minimum absolute atomic E-state index is 0.114. The van der Waals surface area contributed by atoms with Crippen LogP contribution in [0.3, 0.4) is 0 Å². The minimum Gasteiger partial charge on any atom is -0.370 e. The Hall–Kier alpha value is -3.23. The number of amides is 4. The van der Waals surface area contributed by atoms with E-state index in [0.717, 1.165) is 0 Å². The number of nitrogens with two attached hydrogens (primary N) is 1. The Bertz CT molecular complexity index is 695. The third kappa shape index (κ3) is 3.57. The number of nitrogens with one attached hydrogen (secondary N) is 1. The summed E-state index contributed by atoms with van der Waals surface area (Å²) in [7, 11) is 0. The second-order valence-electron chi connectivity index (χ2n) is 5.12. The Labute approximate surface area is 136 Å². The van der Waals surface area contributed by atoms with E-state index in [0.29, 0.717) is 5.06 Å². The van der Waals surface area contributed by atoms with E-state index in [2.05, 4.69) is 5.32 Å². The molecule has 0 saturated carbocycles. The van der Waals surface area contributed by atoms with Crippen LogP contribution in [0.4, 0.5) is 0 Å². The molecule has 0 bridgehead atoms. The van der Waals surface area contributed by atoms with Gasteiger partial charge in [-0.1, -0.05) is 17.2 Å². The second kappa shape index (κ2) is 6.90. The zero-order valence-corrected chi connectivity index (χ0v) is 12.8. The van der Waals surface area contributed by atoms with Crippen molar-refractivity contribution in [2.75, 3.05) is 0 Å². The first-order valence-corrected chi connectivity index (χ1v) is 7.06. The van der Waals surface area contributed by atoms with Gasteiger partial charge in [-0.25, -0.2) is 4.79 Å². The number of primary amides is 1. The fourth-order valence-electron chi connectivity index (χ4n) is 2.18. The van der Waals surface area contributed by atoms with Crippen LogP contribution in [0.1, 0.15) is 40.5 Å². The number of hydrogen-bond donors (Lipinski definition) is 2. The van der Waals surface area contributed by atoms with E-state index >= 15 is 0 Å². The van der Waals surface area contributed by atoms with E-state index in [1.807, 2.05) is 0 Å². The fraction of sp³-hybridized carbons (Fsp3) is 0.267. The van der Waals surface area contributed by atoms with E-state index in [4.69, 9.17) is 10.6 Å². The molecule has 1 atom stereocenters. The molecule has 1 aliphatic rings. The van der Waals surface area contributed by atoms with Crippen molar-refractivity contribution in [3.63, 3.8) is 0 Å². The molecule has 0 saturated heterocycles. The molecule has 4 amide bonds. The predicted octanol–water partition coefficient (Wildman–Crippen LogP) is -0.489. The van der Waals surface area contributed by atoms with Crippen molar-refractivity contribution < 1.29 is 28.8 Å². The lowest BCUT2D eigenvalue weighted by molar-refractivity contribution is -0.172. The van der Waals surface area contributed by atoms with Gasteiger partial charge in [0.15, 0.2) is 0 Å². The van der Waals surface area contributed by atoms with E-state index in [9.17, 15) is 24.0 Å². The average molecular weight is 333 g/mol. The van der Waals surface area contributed by atoms with Gasteiger partial charge in [0.05, 0.1) is 11.1 Å². The van der Waals surface area contributed by atoms with Crippen LogP contribution in [0.5, 0.6) is 0 Å². The van der Waals surface area contributed by atoms with Crippen molar-refractivity contribution in [1.29, 1.82) is 0 Å². The Morgan fingerprint density at radius 3 is 2.17 bits per heavy atom. The number of rotatable bonds is 6. The summed E-state index contributed by atoms with van der Waals surface area (Å²) in [5.74, 6) is -3.80. The largest absolute Gasteiger partial charge is 0.370 e. The van der Waals surface area contributed by atoms with Gasteiger partial charge in [-0.15, -0.1) is 0 Å². The maximum atomic E-state index is 12.2. The summed E-state index contributed by atoms with van der Waals surface area (Å²) in [6.45, 7) is 1.17. The molecule has 0 aromatic heterocycles. The van der Waals surface area contributed by atoms with Gasteiger partial charge in [-0.2, -0.15) is 0 Å². The highest BCUT2D eigenvalue weighted by atomic mass is 16.7. The van der Waals surface area contributed by atoms with Crippen molar-refractivity contribution in [2.45, 2.75) is 25.8 Å². The molecule has 0 spiro atoms. The Kier molecular flexibility index (Phi) is 4.93. The number of carbonyl (C=O) groups is 5. The van der Waals surface area contributed by atoms with Crippen LogP contribution in [0.2, 0.25) is 0 Å². The van der Waals surface area contributed by atoms with Gasteiger partial charge in [0, 0.05) is 13.3 Å². The molecule has 126 valence electrons. The first kappa shape index (κ1) is 17.1. The fourth-order valence-corrected chi connectivity index (χ4v) is 2.18. The molecule has 0 radical (unpaired) electrons. The van der Waals surface area contributed by atoms with E-state index in [1.165, 1.54) is 19.1 Å². The molecular formula is C15H15N3O6. The smallest absolute Gasteiger partial charge is 0.355 e. The highest BCUT2D eigenvalue weighted by Crippen LogP contribution is 2.23. The maximum Gasteiger partial charge on any atom is 0.355 e.